The number of carboxylic acids is 1. The predicted molar refractivity (Wildman–Crippen MR) is 130 cm³/mol. The lowest BCUT2D eigenvalue weighted by Crippen LogP contribution is -2.26. The standard InChI is InChI=1S/C26H24Cl2O4/c1-2-31-25(26(29)30)14-19-7-11-24(12-8-19)32-13-3-4-18-5-9-20(10-6-18)21-15-22(27)17-23(28)16-21/h3-12,15-17,25H,2,13-14H2,1H3,(H,29,30)/b4-3+/t25-/m0/s1. The highest BCUT2D eigenvalue weighted by Crippen LogP contribution is 2.27. The molecule has 0 saturated carbocycles. The van der Waals surface area contributed by atoms with Crippen LogP contribution in [-0.2, 0) is 16.0 Å². The van der Waals surface area contributed by atoms with Crippen LogP contribution in [0, 0.1) is 0 Å². The zero-order valence-electron chi connectivity index (χ0n) is 17.6. The first-order chi connectivity index (χ1) is 15.4. The number of hydrogen-bond acceptors (Lipinski definition) is 3. The Hall–Kier alpha value is -2.79. The highest BCUT2D eigenvalue weighted by atomic mass is 35.5. The molecule has 0 aliphatic rings. The molecule has 6 heteroatoms. The maximum atomic E-state index is 11.2. The van der Waals surface area contributed by atoms with Crippen molar-refractivity contribution in [2.45, 2.75) is 19.4 Å². The van der Waals surface area contributed by atoms with E-state index in [4.69, 9.17) is 32.7 Å². The second-order valence-electron chi connectivity index (χ2n) is 7.12. The molecule has 3 aromatic carbocycles. The van der Waals surface area contributed by atoms with Crippen molar-refractivity contribution in [3.8, 4) is 16.9 Å². The topological polar surface area (TPSA) is 55.8 Å². The third-order valence-electron chi connectivity index (χ3n) is 4.75. The fraction of sp³-hybridized carbons (Fsp3) is 0.192. The van der Waals surface area contributed by atoms with Crippen molar-refractivity contribution >= 4 is 35.2 Å². The molecule has 0 fully saturated rings. The van der Waals surface area contributed by atoms with E-state index in [-0.39, 0.29) is 0 Å². The molecule has 4 nitrogen and oxygen atoms in total. The van der Waals surface area contributed by atoms with E-state index < -0.39 is 12.1 Å². The maximum Gasteiger partial charge on any atom is 0.333 e. The van der Waals surface area contributed by atoms with E-state index in [0.717, 1.165) is 28.0 Å². The molecular weight excluding hydrogens is 447 g/mol. The van der Waals surface area contributed by atoms with E-state index in [1.165, 1.54) is 0 Å². The first-order valence-corrected chi connectivity index (χ1v) is 11.0. The first kappa shape index (κ1) is 23.9. The summed E-state index contributed by atoms with van der Waals surface area (Å²) in [6.45, 7) is 2.56. The summed E-state index contributed by atoms with van der Waals surface area (Å²) in [5, 5.41) is 10.4. The predicted octanol–water partition coefficient (Wildman–Crippen LogP) is 6.78. The van der Waals surface area contributed by atoms with Gasteiger partial charge < -0.3 is 14.6 Å². The fourth-order valence-corrected chi connectivity index (χ4v) is 3.72. The summed E-state index contributed by atoms with van der Waals surface area (Å²) in [7, 11) is 0. The third-order valence-corrected chi connectivity index (χ3v) is 5.19. The lowest BCUT2D eigenvalue weighted by atomic mass is 10.0. The summed E-state index contributed by atoms with van der Waals surface area (Å²) in [6, 6.07) is 20.9. The normalized spacial score (nSPS) is 12.1. The van der Waals surface area contributed by atoms with E-state index in [0.29, 0.717) is 29.7 Å². The molecule has 1 N–H and O–H groups in total. The molecule has 0 saturated heterocycles. The van der Waals surface area contributed by atoms with E-state index in [9.17, 15) is 9.90 Å². The summed E-state index contributed by atoms with van der Waals surface area (Å²) >= 11 is 12.2. The zero-order valence-corrected chi connectivity index (χ0v) is 19.1. The van der Waals surface area contributed by atoms with Crippen molar-refractivity contribution < 1.29 is 19.4 Å². The van der Waals surface area contributed by atoms with E-state index in [2.05, 4.69) is 0 Å². The molecule has 0 bridgehead atoms. The number of hydrogen-bond donors (Lipinski definition) is 1. The summed E-state index contributed by atoms with van der Waals surface area (Å²) in [6.07, 6.45) is 3.41. The van der Waals surface area contributed by atoms with E-state index in [1.54, 1.807) is 13.0 Å². The van der Waals surface area contributed by atoms with Crippen LogP contribution in [0.5, 0.6) is 5.75 Å². The molecule has 0 spiro atoms. The van der Waals surface area contributed by atoms with Crippen LogP contribution in [-0.4, -0.2) is 30.4 Å². The Labute approximate surface area is 198 Å². The molecule has 0 heterocycles. The minimum absolute atomic E-state index is 0.320. The number of ether oxygens (including phenoxy) is 2. The van der Waals surface area contributed by atoms with Crippen LogP contribution in [0.1, 0.15) is 18.1 Å². The minimum Gasteiger partial charge on any atom is -0.490 e. The average molecular weight is 471 g/mol. The molecule has 0 aromatic heterocycles. The van der Waals surface area contributed by atoms with Crippen molar-refractivity contribution in [2.24, 2.45) is 0 Å². The SMILES string of the molecule is CCO[C@@H](Cc1ccc(OC/C=C/c2ccc(-c3cc(Cl)cc(Cl)c3)cc2)cc1)C(=O)O. The molecule has 0 radical (unpaired) electrons. The third kappa shape index (κ3) is 7.13. The first-order valence-electron chi connectivity index (χ1n) is 10.2. The van der Waals surface area contributed by atoms with Crippen LogP contribution in [0.2, 0.25) is 10.0 Å². The molecule has 3 aromatic rings. The monoisotopic (exact) mass is 470 g/mol. The Bertz CT molecular complexity index is 1040. The van der Waals surface area contributed by atoms with E-state index in [1.807, 2.05) is 72.8 Å². The Balaban J connectivity index is 1.51. The molecule has 3 rings (SSSR count). The summed E-state index contributed by atoms with van der Waals surface area (Å²) in [4.78, 5) is 11.2. The number of carboxylic acid groups (broad SMARTS) is 1. The summed E-state index contributed by atoms with van der Waals surface area (Å²) in [5.74, 6) is -0.239. The quantitative estimate of drug-likeness (QED) is 0.354. The summed E-state index contributed by atoms with van der Waals surface area (Å²) < 4.78 is 11.0. The van der Waals surface area contributed by atoms with Gasteiger partial charge in [0.2, 0.25) is 0 Å². The smallest absolute Gasteiger partial charge is 0.333 e. The number of carbonyl (C=O) groups is 1. The van der Waals surface area contributed by atoms with Crippen LogP contribution in [0.3, 0.4) is 0 Å². The van der Waals surface area contributed by atoms with Gasteiger partial charge in [-0.25, -0.2) is 4.79 Å². The van der Waals surface area contributed by atoms with Crippen molar-refractivity contribution in [1.29, 1.82) is 0 Å². The molecule has 32 heavy (non-hydrogen) atoms. The van der Waals surface area contributed by atoms with Crippen molar-refractivity contribution in [2.75, 3.05) is 13.2 Å². The fourth-order valence-electron chi connectivity index (χ4n) is 3.19. The molecule has 166 valence electrons. The minimum atomic E-state index is -0.957. The number of benzene rings is 3. The van der Waals surface area contributed by atoms with Crippen molar-refractivity contribution in [3.63, 3.8) is 0 Å². The van der Waals surface area contributed by atoms with Gasteiger partial charge in [-0.1, -0.05) is 65.7 Å². The number of aliphatic carboxylic acids is 1. The molecule has 0 aliphatic heterocycles. The largest absolute Gasteiger partial charge is 0.490 e. The van der Waals surface area contributed by atoms with Gasteiger partial charge >= 0.3 is 5.97 Å². The lowest BCUT2D eigenvalue weighted by Gasteiger charge is -2.12. The second-order valence-corrected chi connectivity index (χ2v) is 8.00. The van der Waals surface area contributed by atoms with Crippen molar-refractivity contribution in [3.05, 3.63) is 94.0 Å². The van der Waals surface area contributed by atoms with Gasteiger partial charge in [0.15, 0.2) is 6.10 Å². The van der Waals surface area contributed by atoms with Gasteiger partial charge in [-0.2, -0.15) is 0 Å². The molecule has 0 amide bonds. The van der Waals surface area contributed by atoms with Crippen LogP contribution >= 0.6 is 23.2 Å². The molecule has 1 atom stereocenters. The van der Waals surface area contributed by atoms with Crippen molar-refractivity contribution in [1.82, 2.24) is 0 Å². The van der Waals surface area contributed by atoms with Gasteiger partial charge in [0.1, 0.15) is 12.4 Å². The second kappa shape index (κ2) is 11.7. The van der Waals surface area contributed by atoms with Crippen LogP contribution in [0.4, 0.5) is 0 Å². The van der Waals surface area contributed by atoms with E-state index >= 15 is 0 Å². The van der Waals surface area contributed by atoms with Crippen LogP contribution in [0.25, 0.3) is 17.2 Å². The van der Waals surface area contributed by atoms with Gasteiger partial charge in [-0.05, 0) is 65.6 Å². The van der Waals surface area contributed by atoms with Gasteiger partial charge in [-0.3, -0.25) is 0 Å². The molecular formula is C26H24Cl2O4. The van der Waals surface area contributed by atoms with Crippen LogP contribution < -0.4 is 4.74 Å². The average Bonchev–Trinajstić information content (AvgIpc) is 2.77. The highest BCUT2D eigenvalue weighted by molar-refractivity contribution is 6.35. The number of rotatable bonds is 10. The van der Waals surface area contributed by atoms with Gasteiger partial charge in [0.25, 0.3) is 0 Å². The Kier molecular flexibility index (Phi) is 8.74. The zero-order chi connectivity index (χ0) is 22.9. The highest BCUT2D eigenvalue weighted by Gasteiger charge is 2.17. The van der Waals surface area contributed by atoms with Crippen LogP contribution in [0.15, 0.2) is 72.8 Å². The molecule has 0 unspecified atom stereocenters. The van der Waals surface area contributed by atoms with Gasteiger partial charge in [-0.15, -0.1) is 0 Å². The van der Waals surface area contributed by atoms with Gasteiger partial charge in [0.05, 0.1) is 0 Å². The lowest BCUT2D eigenvalue weighted by molar-refractivity contribution is -0.149. The van der Waals surface area contributed by atoms with Gasteiger partial charge in [0, 0.05) is 23.1 Å². The molecule has 0 aliphatic carbocycles. The Morgan fingerprint density at radius 1 is 0.969 bits per heavy atom. The Morgan fingerprint density at radius 3 is 2.22 bits per heavy atom. The number of halogens is 2. The maximum absolute atomic E-state index is 11.2. The summed E-state index contributed by atoms with van der Waals surface area (Å²) in [5.41, 5.74) is 3.95. The Morgan fingerprint density at radius 2 is 1.62 bits per heavy atom.